The molecule has 0 spiro atoms. The van der Waals surface area contributed by atoms with Crippen LogP contribution in [0.25, 0.3) is 11.1 Å². The van der Waals surface area contributed by atoms with Gasteiger partial charge in [0.25, 0.3) is 0 Å². The van der Waals surface area contributed by atoms with Crippen LogP contribution in [0, 0.1) is 11.8 Å². The van der Waals surface area contributed by atoms with Crippen molar-refractivity contribution in [1.82, 2.24) is 4.90 Å². The van der Waals surface area contributed by atoms with Crippen molar-refractivity contribution in [2.75, 3.05) is 6.61 Å². The van der Waals surface area contributed by atoms with Crippen LogP contribution in [0.4, 0.5) is 0 Å². The number of carbonyl (C=O) groups excluding carboxylic acids is 3. The fourth-order valence-corrected chi connectivity index (χ4v) is 5.14. The molecule has 0 radical (unpaired) electrons. The predicted molar refractivity (Wildman–Crippen MR) is 108 cm³/mol. The molecule has 1 aliphatic carbocycles. The van der Waals surface area contributed by atoms with Crippen molar-refractivity contribution in [1.29, 1.82) is 0 Å². The Morgan fingerprint density at radius 1 is 1.12 bits per heavy atom. The molecule has 0 aromatic heterocycles. The van der Waals surface area contributed by atoms with E-state index in [9.17, 15) is 24.6 Å². The Morgan fingerprint density at radius 3 is 2.44 bits per heavy atom. The second-order valence-corrected chi connectivity index (χ2v) is 8.26. The summed E-state index contributed by atoms with van der Waals surface area (Å²) in [5, 5.41) is 21.8. The van der Waals surface area contributed by atoms with Crippen LogP contribution in [-0.2, 0) is 9.59 Å². The van der Waals surface area contributed by atoms with E-state index in [-0.39, 0.29) is 53.6 Å². The molecule has 2 aromatic carbocycles. The standard InChI is InChI=1S/C24H21NO6.Na/c1-11-16(21(24(29)30)25-20(11)18(12(2)26)23(25)28)10-31-17-9-5-8-15-19(17)13-6-3-4-7-14(13)22(15)27;/h3-9,11-12,18,20,26H,10H2,1-2H3,(H,29,30);/q;+1/p-1/t11-,12?,18+,20?;/m0./s1. The molecule has 2 unspecified atom stereocenters. The molecule has 1 fully saturated rings. The number of aliphatic hydroxyl groups is 1. The number of carboxylic acids is 1. The van der Waals surface area contributed by atoms with E-state index >= 15 is 0 Å². The van der Waals surface area contributed by atoms with Crippen molar-refractivity contribution in [2.45, 2.75) is 26.0 Å². The second-order valence-electron chi connectivity index (χ2n) is 8.26. The number of carbonyl (C=O) groups is 3. The van der Waals surface area contributed by atoms with Gasteiger partial charge in [0.2, 0.25) is 5.91 Å². The largest absolute Gasteiger partial charge is 1.00 e. The zero-order chi connectivity index (χ0) is 22.0. The first kappa shape index (κ1) is 22.7. The Kier molecular flexibility index (Phi) is 5.79. The van der Waals surface area contributed by atoms with Gasteiger partial charge in [-0.2, -0.15) is 0 Å². The zero-order valence-corrected chi connectivity index (χ0v) is 20.0. The van der Waals surface area contributed by atoms with Gasteiger partial charge in [-0.3, -0.25) is 9.59 Å². The summed E-state index contributed by atoms with van der Waals surface area (Å²) in [5.41, 5.74) is 2.87. The van der Waals surface area contributed by atoms with E-state index in [0.29, 0.717) is 28.0 Å². The Bertz CT molecular complexity index is 1190. The maximum Gasteiger partial charge on any atom is 1.00 e. The van der Waals surface area contributed by atoms with Gasteiger partial charge in [0, 0.05) is 22.6 Å². The summed E-state index contributed by atoms with van der Waals surface area (Å²) in [6.45, 7) is 3.29. The quantitative estimate of drug-likeness (QED) is 0.368. The maximum absolute atomic E-state index is 12.7. The molecule has 2 aliphatic heterocycles. The van der Waals surface area contributed by atoms with E-state index < -0.39 is 29.9 Å². The summed E-state index contributed by atoms with van der Waals surface area (Å²) < 4.78 is 6.04. The molecule has 3 aliphatic rings. The molecule has 1 saturated heterocycles. The van der Waals surface area contributed by atoms with Crippen molar-refractivity contribution in [3.05, 3.63) is 64.9 Å². The van der Waals surface area contributed by atoms with E-state index in [4.69, 9.17) is 4.74 Å². The smallest absolute Gasteiger partial charge is 0.543 e. The number of hydrogen-bond acceptors (Lipinski definition) is 6. The molecular formula is C24H20NNaO6. The summed E-state index contributed by atoms with van der Waals surface area (Å²) >= 11 is 0. The number of aliphatic carboxylic acids is 1. The molecule has 8 heteroatoms. The average molecular weight is 441 g/mol. The van der Waals surface area contributed by atoms with E-state index in [2.05, 4.69) is 0 Å². The molecule has 0 bridgehead atoms. The number of aliphatic hydroxyl groups excluding tert-OH is 1. The zero-order valence-electron chi connectivity index (χ0n) is 18.0. The van der Waals surface area contributed by atoms with Crippen molar-refractivity contribution in [3.63, 3.8) is 0 Å². The van der Waals surface area contributed by atoms with Crippen LogP contribution in [0.5, 0.6) is 5.75 Å². The van der Waals surface area contributed by atoms with Crippen LogP contribution < -0.4 is 39.4 Å². The summed E-state index contributed by atoms with van der Waals surface area (Å²) in [6, 6.07) is 12.1. The number of ketones is 1. The topological polar surface area (TPSA) is 107 Å². The number of nitrogens with zero attached hydrogens (tertiary/aromatic N) is 1. The fraction of sp³-hybridized carbons (Fsp3) is 0.292. The van der Waals surface area contributed by atoms with Crippen molar-refractivity contribution in [3.8, 4) is 16.9 Å². The van der Waals surface area contributed by atoms with Gasteiger partial charge in [-0.15, -0.1) is 0 Å². The van der Waals surface area contributed by atoms with Crippen LogP contribution >= 0.6 is 0 Å². The van der Waals surface area contributed by atoms with Gasteiger partial charge in [-0.05, 0) is 24.1 Å². The third-order valence-corrected chi connectivity index (χ3v) is 6.60. The first-order valence-electron chi connectivity index (χ1n) is 10.2. The van der Waals surface area contributed by atoms with Crippen LogP contribution in [-0.4, -0.2) is 46.4 Å². The SMILES string of the molecule is CC(O)[C@H]1C(=O)N2C(C(=O)[O-])=C(COc3cccc4c3-c3ccccc3C4=O)[C@H](C)C12.[Na+]. The minimum Gasteiger partial charge on any atom is -0.543 e. The number of carboxylic acid groups (broad SMARTS) is 1. The Balaban J connectivity index is 0.00000245. The van der Waals surface area contributed by atoms with Crippen molar-refractivity contribution in [2.24, 2.45) is 11.8 Å². The van der Waals surface area contributed by atoms with Crippen LogP contribution in [0.3, 0.4) is 0 Å². The molecule has 158 valence electrons. The monoisotopic (exact) mass is 441 g/mol. The number of ether oxygens (including phenoxy) is 1. The van der Waals surface area contributed by atoms with Gasteiger partial charge in [-0.25, -0.2) is 0 Å². The molecule has 4 atom stereocenters. The average Bonchev–Trinajstić information content (AvgIpc) is 3.16. The first-order valence-corrected chi connectivity index (χ1v) is 10.2. The van der Waals surface area contributed by atoms with Crippen LogP contribution in [0.15, 0.2) is 53.7 Å². The molecule has 2 aromatic rings. The number of β-lactam (4-membered cyclic amide) rings is 1. The van der Waals surface area contributed by atoms with Gasteiger partial charge in [-0.1, -0.05) is 43.3 Å². The molecule has 32 heavy (non-hydrogen) atoms. The van der Waals surface area contributed by atoms with Gasteiger partial charge < -0.3 is 24.6 Å². The number of amides is 1. The molecular weight excluding hydrogens is 421 g/mol. The van der Waals surface area contributed by atoms with Crippen molar-refractivity contribution < 1.29 is 58.9 Å². The van der Waals surface area contributed by atoms with E-state index in [1.807, 2.05) is 19.1 Å². The minimum atomic E-state index is -1.44. The molecule has 1 amide bonds. The van der Waals surface area contributed by atoms with E-state index in [1.54, 1.807) is 30.3 Å². The van der Waals surface area contributed by atoms with E-state index in [1.165, 1.54) is 11.8 Å². The minimum absolute atomic E-state index is 0. The van der Waals surface area contributed by atoms with Gasteiger partial charge >= 0.3 is 29.6 Å². The summed E-state index contributed by atoms with van der Waals surface area (Å²) in [6.07, 6.45) is -0.876. The van der Waals surface area contributed by atoms with Gasteiger partial charge in [0.15, 0.2) is 5.78 Å². The number of rotatable bonds is 5. The fourth-order valence-electron chi connectivity index (χ4n) is 5.14. The van der Waals surface area contributed by atoms with Gasteiger partial charge in [0.1, 0.15) is 12.4 Å². The summed E-state index contributed by atoms with van der Waals surface area (Å²) in [7, 11) is 0. The van der Waals surface area contributed by atoms with Crippen molar-refractivity contribution >= 4 is 17.7 Å². The van der Waals surface area contributed by atoms with Crippen LogP contribution in [0.1, 0.15) is 29.8 Å². The third-order valence-electron chi connectivity index (χ3n) is 6.60. The van der Waals surface area contributed by atoms with E-state index in [0.717, 1.165) is 5.56 Å². The second kappa shape index (κ2) is 8.15. The Morgan fingerprint density at radius 2 is 1.78 bits per heavy atom. The summed E-state index contributed by atoms with van der Waals surface area (Å²) in [5.74, 6) is -2.41. The summed E-state index contributed by atoms with van der Waals surface area (Å²) in [4.78, 5) is 38.2. The Labute approximate surface area is 207 Å². The van der Waals surface area contributed by atoms with Crippen LogP contribution in [0.2, 0.25) is 0 Å². The molecule has 0 saturated carbocycles. The molecule has 2 heterocycles. The number of hydrogen-bond donors (Lipinski definition) is 1. The molecule has 5 rings (SSSR count). The number of fused-ring (bicyclic) bond motifs is 4. The molecule has 1 N–H and O–H groups in total. The van der Waals surface area contributed by atoms with Gasteiger partial charge in [0.05, 0.1) is 29.7 Å². The predicted octanol–water partition coefficient (Wildman–Crippen LogP) is -1.86. The maximum atomic E-state index is 12.7. The first-order chi connectivity index (χ1) is 14.8. The molecule has 7 nitrogen and oxygen atoms in total. The normalized spacial score (nSPS) is 23.7. The third kappa shape index (κ3) is 3.07. The number of benzene rings is 2. The Hall–Kier alpha value is -2.45.